The predicted molar refractivity (Wildman–Crippen MR) is 82.0 cm³/mol. The van der Waals surface area contributed by atoms with E-state index in [-0.39, 0.29) is 0 Å². The largest absolute Gasteiger partial charge is 0.508 e. The number of phenolic OH excluding ortho intramolecular Hbond substituents is 1. The lowest BCUT2D eigenvalue weighted by Crippen LogP contribution is -2.01. The SMILES string of the molecule is Cc1ccc(O)c(CNc2c(Br)cccc2Br)c1. The van der Waals surface area contributed by atoms with Gasteiger partial charge in [-0.3, -0.25) is 0 Å². The van der Waals surface area contributed by atoms with Crippen LogP contribution in [0.4, 0.5) is 5.69 Å². The molecule has 2 nitrogen and oxygen atoms in total. The number of nitrogens with one attached hydrogen (secondary N) is 1. The van der Waals surface area contributed by atoms with Gasteiger partial charge < -0.3 is 10.4 Å². The summed E-state index contributed by atoms with van der Waals surface area (Å²) in [5, 5.41) is 13.1. The third-order valence-electron chi connectivity index (χ3n) is 2.65. The van der Waals surface area contributed by atoms with Crippen molar-refractivity contribution < 1.29 is 5.11 Å². The fourth-order valence-corrected chi connectivity index (χ4v) is 2.98. The number of benzene rings is 2. The second-order valence-electron chi connectivity index (χ2n) is 4.08. The van der Waals surface area contributed by atoms with Gasteiger partial charge in [0.1, 0.15) is 5.75 Å². The maximum Gasteiger partial charge on any atom is 0.120 e. The summed E-state index contributed by atoms with van der Waals surface area (Å²) in [6.07, 6.45) is 0. The minimum atomic E-state index is 0.316. The zero-order valence-corrected chi connectivity index (χ0v) is 13.0. The summed E-state index contributed by atoms with van der Waals surface area (Å²) in [7, 11) is 0. The van der Waals surface area contributed by atoms with Crippen LogP contribution in [0, 0.1) is 6.92 Å². The number of rotatable bonds is 3. The zero-order chi connectivity index (χ0) is 13.1. The summed E-state index contributed by atoms with van der Waals surface area (Å²) in [5.41, 5.74) is 3.01. The monoisotopic (exact) mass is 369 g/mol. The van der Waals surface area contributed by atoms with E-state index in [0.717, 1.165) is 25.8 Å². The standard InChI is InChI=1S/C14H13Br2NO/c1-9-5-6-13(18)10(7-9)8-17-14-11(15)3-2-4-12(14)16/h2-7,17-18H,8H2,1H3. The summed E-state index contributed by atoms with van der Waals surface area (Å²) in [6, 6.07) is 11.5. The highest BCUT2D eigenvalue weighted by atomic mass is 79.9. The highest BCUT2D eigenvalue weighted by molar-refractivity contribution is 9.11. The summed E-state index contributed by atoms with van der Waals surface area (Å²) < 4.78 is 1.98. The van der Waals surface area contributed by atoms with E-state index in [9.17, 15) is 5.11 Å². The quantitative estimate of drug-likeness (QED) is 0.810. The lowest BCUT2D eigenvalue weighted by molar-refractivity contribution is 0.469. The molecule has 2 N–H and O–H groups in total. The van der Waals surface area contributed by atoms with E-state index in [1.807, 2.05) is 37.3 Å². The van der Waals surface area contributed by atoms with E-state index in [2.05, 4.69) is 37.2 Å². The molecular weight excluding hydrogens is 358 g/mol. The molecule has 0 radical (unpaired) electrons. The Kier molecular flexibility index (Phi) is 4.30. The molecule has 0 saturated carbocycles. The van der Waals surface area contributed by atoms with E-state index in [1.165, 1.54) is 0 Å². The summed E-state index contributed by atoms with van der Waals surface area (Å²) in [5.74, 6) is 0.316. The number of anilines is 1. The Morgan fingerprint density at radius 1 is 1.11 bits per heavy atom. The van der Waals surface area contributed by atoms with Crippen molar-refractivity contribution in [2.75, 3.05) is 5.32 Å². The minimum Gasteiger partial charge on any atom is -0.508 e. The Bertz CT molecular complexity index is 549. The molecule has 0 fully saturated rings. The van der Waals surface area contributed by atoms with Crippen molar-refractivity contribution in [2.45, 2.75) is 13.5 Å². The zero-order valence-electron chi connectivity index (χ0n) is 9.87. The summed E-state index contributed by atoms with van der Waals surface area (Å²) >= 11 is 7.00. The van der Waals surface area contributed by atoms with Gasteiger partial charge in [-0.15, -0.1) is 0 Å². The molecular formula is C14H13Br2NO. The van der Waals surface area contributed by atoms with Crippen LogP contribution < -0.4 is 5.32 Å². The first-order chi connectivity index (χ1) is 8.58. The van der Waals surface area contributed by atoms with Gasteiger partial charge in [-0.25, -0.2) is 0 Å². The number of phenols is 1. The Labute approximate surface area is 123 Å². The van der Waals surface area contributed by atoms with Crippen molar-refractivity contribution in [3.8, 4) is 5.75 Å². The Hall–Kier alpha value is -1.00. The van der Waals surface area contributed by atoms with Crippen LogP contribution in [0.3, 0.4) is 0 Å². The third kappa shape index (κ3) is 3.06. The molecule has 2 rings (SSSR count). The summed E-state index contributed by atoms with van der Waals surface area (Å²) in [4.78, 5) is 0. The number of aryl methyl sites for hydroxylation is 1. The first-order valence-electron chi connectivity index (χ1n) is 5.54. The van der Waals surface area contributed by atoms with Crippen LogP contribution in [0.2, 0.25) is 0 Å². The van der Waals surface area contributed by atoms with Crippen LogP contribution >= 0.6 is 31.9 Å². The van der Waals surface area contributed by atoms with Crippen molar-refractivity contribution in [1.82, 2.24) is 0 Å². The molecule has 0 aliphatic heterocycles. The Morgan fingerprint density at radius 2 is 1.78 bits per heavy atom. The molecule has 2 aromatic rings. The predicted octanol–water partition coefficient (Wildman–Crippen LogP) is 4.84. The van der Waals surface area contributed by atoms with Crippen molar-refractivity contribution in [1.29, 1.82) is 0 Å². The number of halogens is 2. The fourth-order valence-electron chi connectivity index (χ4n) is 1.71. The molecule has 0 aromatic heterocycles. The van der Waals surface area contributed by atoms with E-state index in [1.54, 1.807) is 6.07 Å². The summed E-state index contributed by atoms with van der Waals surface area (Å²) in [6.45, 7) is 2.59. The van der Waals surface area contributed by atoms with Crippen LogP contribution in [0.25, 0.3) is 0 Å². The molecule has 0 spiro atoms. The molecule has 0 saturated heterocycles. The van der Waals surface area contributed by atoms with Crippen molar-refractivity contribution in [3.05, 3.63) is 56.5 Å². The molecule has 94 valence electrons. The average Bonchev–Trinajstić information content (AvgIpc) is 2.33. The van der Waals surface area contributed by atoms with Gasteiger partial charge >= 0.3 is 0 Å². The second-order valence-corrected chi connectivity index (χ2v) is 5.79. The number of hydrogen-bond donors (Lipinski definition) is 2. The van der Waals surface area contributed by atoms with Crippen LogP contribution in [0.1, 0.15) is 11.1 Å². The van der Waals surface area contributed by atoms with Gasteiger partial charge in [-0.05, 0) is 57.0 Å². The van der Waals surface area contributed by atoms with Crippen LogP contribution in [0.5, 0.6) is 5.75 Å². The third-order valence-corrected chi connectivity index (χ3v) is 3.98. The van der Waals surface area contributed by atoms with E-state index in [4.69, 9.17) is 0 Å². The van der Waals surface area contributed by atoms with E-state index in [0.29, 0.717) is 12.3 Å². The lowest BCUT2D eigenvalue weighted by Gasteiger charge is -2.12. The number of para-hydroxylation sites is 1. The normalized spacial score (nSPS) is 10.4. The number of aromatic hydroxyl groups is 1. The lowest BCUT2D eigenvalue weighted by atomic mass is 10.1. The van der Waals surface area contributed by atoms with Crippen LogP contribution in [-0.4, -0.2) is 5.11 Å². The van der Waals surface area contributed by atoms with Crippen LogP contribution in [-0.2, 0) is 6.54 Å². The van der Waals surface area contributed by atoms with Gasteiger partial charge in [0.2, 0.25) is 0 Å². The highest BCUT2D eigenvalue weighted by Gasteiger charge is 2.06. The molecule has 0 amide bonds. The topological polar surface area (TPSA) is 32.3 Å². The molecule has 0 bridgehead atoms. The smallest absolute Gasteiger partial charge is 0.120 e. The van der Waals surface area contributed by atoms with Crippen LogP contribution in [0.15, 0.2) is 45.3 Å². The van der Waals surface area contributed by atoms with E-state index < -0.39 is 0 Å². The van der Waals surface area contributed by atoms with Gasteiger partial charge in [0.05, 0.1) is 5.69 Å². The second kappa shape index (κ2) is 5.76. The molecule has 0 aliphatic carbocycles. The molecule has 0 heterocycles. The number of hydrogen-bond acceptors (Lipinski definition) is 2. The Morgan fingerprint density at radius 3 is 2.44 bits per heavy atom. The van der Waals surface area contributed by atoms with Crippen molar-refractivity contribution >= 4 is 37.5 Å². The maximum absolute atomic E-state index is 9.79. The molecule has 0 aliphatic rings. The minimum absolute atomic E-state index is 0.316. The van der Waals surface area contributed by atoms with Crippen molar-refractivity contribution in [2.24, 2.45) is 0 Å². The van der Waals surface area contributed by atoms with Gasteiger partial charge in [0, 0.05) is 21.1 Å². The van der Waals surface area contributed by atoms with E-state index >= 15 is 0 Å². The highest BCUT2D eigenvalue weighted by Crippen LogP contribution is 2.31. The van der Waals surface area contributed by atoms with Gasteiger partial charge in [-0.1, -0.05) is 23.8 Å². The molecule has 0 unspecified atom stereocenters. The van der Waals surface area contributed by atoms with Gasteiger partial charge in [0.15, 0.2) is 0 Å². The molecule has 2 aromatic carbocycles. The molecule has 18 heavy (non-hydrogen) atoms. The van der Waals surface area contributed by atoms with Gasteiger partial charge in [-0.2, -0.15) is 0 Å². The molecule has 0 atom stereocenters. The average molecular weight is 371 g/mol. The fraction of sp³-hybridized carbons (Fsp3) is 0.143. The Balaban J connectivity index is 2.19. The maximum atomic E-state index is 9.79. The first kappa shape index (κ1) is 13.4. The van der Waals surface area contributed by atoms with Crippen molar-refractivity contribution in [3.63, 3.8) is 0 Å². The molecule has 4 heteroatoms. The first-order valence-corrected chi connectivity index (χ1v) is 7.13. The van der Waals surface area contributed by atoms with Gasteiger partial charge in [0.25, 0.3) is 0 Å².